The first-order valence-corrected chi connectivity index (χ1v) is 15.4. The summed E-state index contributed by atoms with van der Waals surface area (Å²) in [5.74, 6) is 0.706. The molecular formula is C37H45NO5. The number of carbonyl (C=O) groups is 2. The highest BCUT2D eigenvalue weighted by Crippen LogP contribution is 2.64. The molecule has 0 aromatic heterocycles. The molecule has 0 heterocycles. The molecule has 1 spiro atoms. The topological polar surface area (TPSA) is 73.9 Å². The first-order chi connectivity index (χ1) is 20.4. The third kappa shape index (κ3) is 6.74. The van der Waals surface area contributed by atoms with Gasteiger partial charge in [-0.15, -0.1) is 0 Å². The molecule has 2 aliphatic rings. The number of fused-ring (bicyclic) bond motifs is 1. The second-order valence-corrected chi connectivity index (χ2v) is 13.1. The second-order valence-electron chi connectivity index (χ2n) is 13.1. The van der Waals surface area contributed by atoms with E-state index in [4.69, 9.17) is 14.2 Å². The number of nitrogens with one attached hydrogen (secondary N) is 1. The molecule has 0 radical (unpaired) electrons. The summed E-state index contributed by atoms with van der Waals surface area (Å²) in [5.41, 5.74) is 10.8. The molecule has 1 unspecified atom stereocenters. The van der Waals surface area contributed by atoms with E-state index in [1.54, 1.807) is 0 Å². The van der Waals surface area contributed by atoms with E-state index in [1.165, 1.54) is 60.3 Å². The van der Waals surface area contributed by atoms with Gasteiger partial charge >= 0.3 is 11.9 Å². The molecule has 0 aliphatic heterocycles. The van der Waals surface area contributed by atoms with E-state index in [9.17, 15) is 9.59 Å². The lowest BCUT2D eigenvalue weighted by Gasteiger charge is -2.24. The average Bonchev–Trinajstić information content (AvgIpc) is 3.64. The number of benzene rings is 3. The molecule has 1 N–H and O–H groups in total. The van der Waals surface area contributed by atoms with Crippen molar-refractivity contribution in [3.63, 3.8) is 0 Å². The predicted octanol–water partition coefficient (Wildman–Crippen LogP) is 7.98. The van der Waals surface area contributed by atoms with Crippen molar-refractivity contribution in [1.82, 2.24) is 0 Å². The maximum absolute atomic E-state index is 12.1. The Morgan fingerprint density at radius 3 is 2.40 bits per heavy atom. The molecule has 0 amide bonds. The molecule has 2 aliphatic carbocycles. The Morgan fingerprint density at radius 2 is 1.74 bits per heavy atom. The fourth-order valence-corrected chi connectivity index (χ4v) is 6.93. The molecule has 3 aromatic carbocycles. The summed E-state index contributed by atoms with van der Waals surface area (Å²) in [4.78, 5) is 23.4. The summed E-state index contributed by atoms with van der Waals surface area (Å²) in [7, 11) is 1.48. The van der Waals surface area contributed by atoms with Crippen molar-refractivity contribution in [2.24, 2.45) is 5.41 Å². The van der Waals surface area contributed by atoms with Crippen LogP contribution in [0, 0.1) is 26.2 Å². The maximum atomic E-state index is 12.1. The maximum Gasteiger partial charge on any atom is 0.306 e. The van der Waals surface area contributed by atoms with E-state index < -0.39 is 5.60 Å². The van der Waals surface area contributed by atoms with Crippen molar-refractivity contribution in [1.29, 1.82) is 0 Å². The van der Waals surface area contributed by atoms with E-state index in [2.05, 4.69) is 74.6 Å². The zero-order chi connectivity index (χ0) is 30.9. The summed E-state index contributed by atoms with van der Waals surface area (Å²) in [6.45, 7) is 12.9. The smallest absolute Gasteiger partial charge is 0.306 e. The third-order valence-corrected chi connectivity index (χ3v) is 9.39. The van der Waals surface area contributed by atoms with Crippen LogP contribution in [0.2, 0.25) is 0 Å². The highest BCUT2D eigenvalue weighted by molar-refractivity contribution is 5.76. The van der Waals surface area contributed by atoms with Gasteiger partial charge in [0.25, 0.3) is 0 Å². The first kappa shape index (κ1) is 30.7. The van der Waals surface area contributed by atoms with E-state index >= 15 is 0 Å². The number of hydrogen-bond acceptors (Lipinski definition) is 6. The highest BCUT2D eigenvalue weighted by Gasteiger charge is 2.54. The van der Waals surface area contributed by atoms with Crippen molar-refractivity contribution in [3.8, 4) is 16.9 Å². The number of methoxy groups -OCH3 is 1. The van der Waals surface area contributed by atoms with Crippen LogP contribution in [0.4, 0.5) is 5.69 Å². The Labute approximate surface area is 256 Å². The second kappa shape index (κ2) is 12.1. The highest BCUT2D eigenvalue weighted by atomic mass is 16.6. The summed E-state index contributed by atoms with van der Waals surface area (Å²) in [5, 5.41) is 3.67. The molecule has 0 saturated heterocycles. The lowest BCUT2D eigenvalue weighted by molar-refractivity contribution is -0.154. The lowest BCUT2D eigenvalue weighted by atomic mass is 9.87. The van der Waals surface area contributed by atoms with E-state index in [0.29, 0.717) is 19.4 Å². The fraction of sp³-hybridized carbons (Fsp3) is 0.459. The van der Waals surface area contributed by atoms with E-state index in [1.807, 2.05) is 13.8 Å². The SMILES string of the molecule is COC(=O)CC1c2ccc(NCc3cccc(-c4c(C)cc(OCCC(C)(C)OC(C)=O)cc4C)c3C)cc2CC12CC2. The molecule has 3 aromatic rings. The van der Waals surface area contributed by atoms with Gasteiger partial charge in [0.15, 0.2) is 0 Å². The van der Waals surface area contributed by atoms with Gasteiger partial charge in [-0.05, 0) is 128 Å². The molecule has 1 atom stereocenters. The Kier molecular flexibility index (Phi) is 8.60. The minimum Gasteiger partial charge on any atom is -0.493 e. The molecular weight excluding hydrogens is 538 g/mol. The monoisotopic (exact) mass is 583 g/mol. The Bertz CT molecular complexity index is 1510. The summed E-state index contributed by atoms with van der Waals surface area (Å²) >= 11 is 0. The van der Waals surface area contributed by atoms with Crippen molar-refractivity contribution < 1.29 is 23.8 Å². The Balaban J connectivity index is 1.27. The van der Waals surface area contributed by atoms with Crippen LogP contribution in [0.15, 0.2) is 48.5 Å². The number of carbonyl (C=O) groups excluding carboxylic acids is 2. The van der Waals surface area contributed by atoms with Gasteiger partial charge in [0.05, 0.1) is 20.1 Å². The van der Waals surface area contributed by atoms with Crippen molar-refractivity contribution in [3.05, 3.63) is 81.9 Å². The number of ether oxygens (including phenoxy) is 3. The molecule has 6 heteroatoms. The summed E-state index contributed by atoms with van der Waals surface area (Å²) in [6, 6.07) is 17.4. The molecule has 1 saturated carbocycles. The van der Waals surface area contributed by atoms with Gasteiger partial charge in [-0.3, -0.25) is 9.59 Å². The minimum absolute atomic E-state index is 0.116. The van der Waals surface area contributed by atoms with Gasteiger partial charge in [0, 0.05) is 31.5 Å². The number of aryl methyl sites for hydroxylation is 2. The normalized spacial score (nSPS) is 16.5. The lowest BCUT2D eigenvalue weighted by Crippen LogP contribution is -2.29. The van der Waals surface area contributed by atoms with Crippen molar-refractivity contribution in [2.75, 3.05) is 19.0 Å². The van der Waals surface area contributed by atoms with Gasteiger partial charge in [0.2, 0.25) is 0 Å². The number of rotatable bonds is 11. The molecule has 43 heavy (non-hydrogen) atoms. The van der Waals surface area contributed by atoms with Crippen LogP contribution >= 0.6 is 0 Å². The molecule has 228 valence electrons. The van der Waals surface area contributed by atoms with Crippen molar-refractivity contribution >= 4 is 17.6 Å². The summed E-state index contributed by atoms with van der Waals surface area (Å²) < 4.78 is 16.5. The first-order valence-electron chi connectivity index (χ1n) is 15.4. The van der Waals surface area contributed by atoms with Crippen LogP contribution in [0.3, 0.4) is 0 Å². The molecule has 0 bridgehead atoms. The van der Waals surface area contributed by atoms with Crippen LogP contribution in [-0.4, -0.2) is 31.3 Å². The molecule has 1 fully saturated rings. The Morgan fingerprint density at radius 1 is 1.02 bits per heavy atom. The zero-order valence-electron chi connectivity index (χ0n) is 26.7. The van der Waals surface area contributed by atoms with Gasteiger partial charge in [0.1, 0.15) is 11.4 Å². The standard InChI is InChI=1S/C37H45NO5/c1-23-17-30(42-16-15-36(5,6)43-26(4)39)18-24(2)35(23)31-10-8-9-27(25(31)3)22-38-29-11-12-32-28(19-29)21-37(13-14-37)33(32)20-34(40)41-7/h8-12,17-19,33,38H,13-16,20-22H2,1-7H3. The largest absolute Gasteiger partial charge is 0.493 e. The van der Waals surface area contributed by atoms with Crippen LogP contribution < -0.4 is 10.1 Å². The van der Waals surface area contributed by atoms with Gasteiger partial charge in [-0.25, -0.2) is 0 Å². The number of anilines is 1. The van der Waals surface area contributed by atoms with Gasteiger partial charge in [-0.1, -0.05) is 24.3 Å². The fourth-order valence-electron chi connectivity index (χ4n) is 6.93. The van der Waals surface area contributed by atoms with Gasteiger partial charge < -0.3 is 19.5 Å². The van der Waals surface area contributed by atoms with E-state index in [-0.39, 0.29) is 23.3 Å². The quantitative estimate of drug-likeness (QED) is 0.231. The number of hydrogen-bond donors (Lipinski definition) is 1. The summed E-state index contributed by atoms with van der Waals surface area (Å²) in [6.07, 6.45) is 4.52. The van der Waals surface area contributed by atoms with Crippen LogP contribution in [-0.2, 0) is 32.0 Å². The van der Waals surface area contributed by atoms with Crippen molar-refractivity contribution in [2.45, 2.75) is 91.7 Å². The third-order valence-electron chi connectivity index (χ3n) is 9.39. The van der Waals surface area contributed by atoms with Crippen LogP contribution in [0.5, 0.6) is 5.75 Å². The van der Waals surface area contributed by atoms with Crippen LogP contribution in [0.25, 0.3) is 11.1 Å². The predicted molar refractivity (Wildman–Crippen MR) is 171 cm³/mol. The molecule has 5 rings (SSSR count). The van der Waals surface area contributed by atoms with Gasteiger partial charge in [-0.2, -0.15) is 0 Å². The Hall–Kier alpha value is -3.80. The zero-order valence-corrected chi connectivity index (χ0v) is 26.7. The van der Waals surface area contributed by atoms with Crippen LogP contribution in [0.1, 0.15) is 85.8 Å². The minimum atomic E-state index is -0.562. The average molecular weight is 584 g/mol. The molecule has 6 nitrogen and oxygen atoms in total. The number of esters is 2. The van der Waals surface area contributed by atoms with E-state index in [0.717, 1.165) is 35.5 Å².